The Kier molecular flexibility index (Phi) is 8.85. The SMILES string of the molecule is CCI(C)C1(C)c2cc(C3CC4CCCCC4C4CCC=CC34)ccc2C2=CCC(C3=C4CCC5CC(C(C)(C)C)CC6CC=C(C=C3)C4C65)CC21. The Morgan fingerprint density at radius 2 is 1.71 bits per heavy atom. The van der Waals surface area contributed by atoms with Crippen LogP contribution in [0.3, 0.4) is 0 Å². The molecule has 13 atom stereocenters. The molecule has 0 heterocycles. The second-order valence-corrected chi connectivity index (χ2v) is 28.0. The molecule has 4 fully saturated rings. The van der Waals surface area contributed by atoms with Crippen molar-refractivity contribution in [3.05, 3.63) is 88.1 Å². The molecular formula is C51H69I. The first-order valence-corrected chi connectivity index (χ1v) is 27.1. The van der Waals surface area contributed by atoms with Crippen LogP contribution < -0.4 is 0 Å². The number of halogens is 1. The van der Waals surface area contributed by atoms with Gasteiger partial charge in [0.15, 0.2) is 0 Å². The Balaban J connectivity index is 0.973. The minimum absolute atomic E-state index is 0.367. The van der Waals surface area contributed by atoms with Gasteiger partial charge in [0.05, 0.1) is 0 Å². The fourth-order valence-electron chi connectivity index (χ4n) is 15.1. The number of hydrogen-bond donors (Lipinski definition) is 0. The van der Waals surface area contributed by atoms with Crippen molar-refractivity contribution in [1.29, 1.82) is 0 Å². The van der Waals surface area contributed by atoms with Crippen LogP contribution in [-0.4, -0.2) is 9.36 Å². The summed E-state index contributed by atoms with van der Waals surface area (Å²) in [7, 11) is 0. The second kappa shape index (κ2) is 13.1. The van der Waals surface area contributed by atoms with E-state index in [-0.39, 0.29) is 0 Å². The molecule has 0 aliphatic heterocycles. The van der Waals surface area contributed by atoms with E-state index < -0.39 is 19.8 Å². The van der Waals surface area contributed by atoms with Gasteiger partial charge < -0.3 is 0 Å². The molecule has 52 heavy (non-hydrogen) atoms. The van der Waals surface area contributed by atoms with Gasteiger partial charge in [0.1, 0.15) is 0 Å². The van der Waals surface area contributed by atoms with E-state index in [9.17, 15) is 0 Å². The summed E-state index contributed by atoms with van der Waals surface area (Å²) in [4.78, 5) is 2.76. The monoisotopic (exact) mass is 808 g/mol. The van der Waals surface area contributed by atoms with Gasteiger partial charge in [0.2, 0.25) is 0 Å². The molecule has 4 saturated carbocycles. The molecule has 0 saturated heterocycles. The maximum atomic E-state index is 2.86. The zero-order valence-corrected chi connectivity index (χ0v) is 35.8. The van der Waals surface area contributed by atoms with Gasteiger partial charge in [-0.05, 0) is 0 Å². The normalized spacial score (nSPS) is 43.4. The van der Waals surface area contributed by atoms with Gasteiger partial charge in [0.25, 0.3) is 0 Å². The Hall–Kier alpha value is -1.35. The molecule has 0 aromatic heterocycles. The predicted molar refractivity (Wildman–Crippen MR) is 231 cm³/mol. The van der Waals surface area contributed by atoms with Crippen LogP contribution in [0.1, 0.15) is 147 Å². The molecule has 10 rings (SSSR count). The molecule has 13 unspecified atom stereocenters. The van der Waals surface area contributed by atoms with Crippen molar-refractivity contribution in [3.8, 4) is 0 Å². The Labute approximate surface area is 325 Å². The Bertz CT molecular complexity index is 1740. The first-order chi connectivity index (χ1) is 25.1. The minimum atomic E-state index is -1.27. The van der Waals surface area contributed by atoms with E-state index in [4.69, 9.17) is 0 Å². The van der Waals surface area contributed by atoms with Gasteiger partial charge in [-0.1, -0.05) is 20.8 Å². The van der Waals surface area contributed by atoms with E-state index in [1.807, 2.05) is 5.57 Å². The van der Waals surface area contributed by atoms with E-state index in [0.717, 1.165) is 59.2 Å². The molecule has 0 N–H and O–H groups in total. The molecule has 9 aliphatic carbocycles. The van der Waals surface area contributed by atoms with Crippen LogP contribution >= 0.6 is 19.8 Å². The van der Waals surface area contributed by atoms with Crippen LogP contribution in [0.15, 0.2) is 71.4 Å². The van der Waals surface area contributed by atoms with E-state index in [2.05, 4.69) is 94.2 Å². The van der Waals surface area contributed by atoms with Crippen LogP contribution in [-0.2, 0) is 3.42 Å². The second-order valence-electron chi connectivity index (χ2n) is 20.8. The molecular weight excluding hydrogens is 739 g/mol. The van der Waals surface area contributed by atoms with E-state index >= 15 is 0 Å². The summed E-state index contributed by atoms with van der Waals surface area (Å²) >= 11 is -1.27. The van der Waals surface area contributed by atoms with Crippen LogP contribution in [0.2, 0.25) is 0 Å². The summed E-state index contributed by atoms with van der Waals surface area (Å²) in [5.41, 5.74) is 12.8. The van der Waals surface area contributed by atoms with Gasteiger partial charge in [-0.15, -0.1) is 0 Å². The van der Waals surface area contributed by atoms with E-state index in [1.54, 1.807) is 33.4 Å². The number of fused-ring (bicyclic) bond motifs is 6. The first kappa shape index (κ1) is 35.1. The molecule has 0 bridgehead atoms. The summed E-state index contributed by atoms with van der Waals surface area (Å²) in [6, 6.07) is 8.17. The third-order valence-electron chi connectivity index (χ3n) is 17.9. The number of hydrogen-bond acceptors (Lipinski definition) is 0. The fraction of sp³-hybridized carbons (Fsp3) is 0.686. The predicted octanol–water partition coefficient (Wildman–Crippen LogP) is 14.3. The van der Waals surface area contributed by atoms with Crippen LogP contribution in [0.25, 0.3) is 5.57 Å². The Morgan fingerprint density at radius 1 is 0.865 bits per heavy atom. The van der Waals surface area contributed by atoms with Crippen LogP contribution in [0.4, 0.5) is 0 Å². The van der Waals surface area contributed by atoms with Crippen molar-refractivity contribution in [2.75, 3.05) is 9.36 Å². The number of rotatable bonds is 4. The van der Waals surface area contributed by atoms with Crippen LogP contribution in [0, 0.1) is 70.5 Å². The van der Waals surface area contributed by atoms with Crippen molar-refractivity contribution in [2.45, 2.75) is 134 Å². The molecule has 0 radical (unpaired) electrons. The number of alkyl halides is 3. The van der Waals surface area contributed by atoms with E-state index in [0.29, 0.717) is 20.7 Å². The van der Waals surface area contributed by atoms with Crippen molar-refractivity contribution in [1.82, 2.24) is 0 Å². The molecule has 1 aromatic rings. The molecule has 0 nitrogen and oxygen atoms in total. The summed E-state index contributed by atoms with van der Waals surface area (Å²) < 4.78 is 1.79. The van der Waals surface area contributed by atoms with Gasteiger partial charge in [-0.25, -0.2) is 0 Å². The summed E-state index contributed by atoms with van der Waals surface area (Å²) in [6.45, 7) is 12.9. The van der Waals surface area contributed by atoms with Crippen molar-refractivity contribution in [2.24, 2.45) is 70.5 Å². The summed E-state index contributed by atoms with van der Waals surface area (Å²) in [6.07, 6.45) is 36.0. The summed E-state index contributed by atoms with van der Waals surface area (Å²) in [5.74, 6) is 10.2. The standard InChI is InChI=1S/C51H69I/c1-7-52(6)51(5)46-29-33(39-22-18-31-16-17-35-26-37(50(2,3)4)27-36-21-25-44(39)49(31)48(35)36)19-23-42(46)43-24-20-34(30-47(43)51)45-28-32-12-8-9-13-38(32)40-14-10-11-15-41(40)45/h11,15-16,18,20,22-24,30,32-33,35-38,40-41,45-46,48-49H,7-10,12-14,17,19,21,25-29H2,1-6H3. The molecule has 0 amide bonds. The molecule has 0 spiro atoms. The first-order valence-electron chi connectivity index (χ1n) is 22.3. The van der Waals surface area contributed by atoms with Crippen LogP contribution in [0.5, 0.6) is 0 Å². The Morgan fingerprint density at radius 3 is 2.56 bits per heavy atom. The molecule has 280 valence electrons. The van der Waals surface area contributed by atoms with E-state index in [1.165, 1.54) is 94.3 Å². The third kappa shape index (κ3) is 5.35. The average Bonchev–Trinajstić information content (AvgIpc) is 3.43. The van der Waals surface area contributed by atoms with Crippen molar-refractivity contribution < 1.29 is 0 Å². The van der Waals surface area contributed by atoms with Gasteiger partial charge in [-0.2, -0.15) is 0 Å². The molecule has 9 aliphatic rings. The quantitative estimate of drug-likeness (QED) is 0.161. The zero-order chi connectivity index (χ0) is 35.5. The van der Waals surface area contributed by atoms with Crippen molar-refractivity contribution >= 4 is 25.4 Å². The zero-order valence-electron chi connectivity index (χ0n) is 33.6. The average molecular weight is 809 g/mol. The van der Waals surface area contributed by atoms with Gasteiger partial charge in [0, 0.05) is 0 Å². The summed E-state index contributed by atoms with van der Waals surface area (Å²) in [5, 5.41) is 0. The number of benzene rings is 1. The third-order valence-corrected chi connectivity index (χ3v) is 25.4. The topological polar surface area (TPSA) is 0 Å². The molecule has 1 aromatic carbocycles. The fourth-order valence-corrected chi connectivity index (χ4v) is 20.0. The molecule has 1 heteroatoms. The van der Waals surface area contributed by atoms with Gasteiger partial charge in [-0.3, -0.25) is 0 Å². The van der Waals surface area contributed by atoms with Gasteiger partial charge >= 0.3 is 306 Å². The maximum absolute atomic E-state index is 2.86. The number of allylic oxidation sites excluding steroid dienone is 10. The van der Waals surface area contributed by atoms with Crippen molar-refractivity contribution in [3.63, 3.8) is 0 Å².